The maximum atomic E-state index is 11.1. The molecule has 2 rings (SSSR count). The van der Waals surface area contributed by atoms with Gasteiger partial charge in [-0.3, -0.25) is 4.79 Å². The van der Waals surface area contributed by atoms with E-state index in [1.54, 1.807) is 6.07 Å². The maximum Gasteiger partial charge on any atom is 0.303 e. The summed E-state index contributed by atoms with van der Waals surface area (Å²) in [5.41, 5.74) is 1.02. The second-order valence-electron chi connectivity index (χ2n) is 4.83. The largest absolute Gasteiger partial charge is 0.487 e. The molecule has 1 aromatic carbocycles. The van der Waals surface area contributed by atoms with Gasteiger partial charge in [0.2, 0.25) is 0 Å². The van der Waals surface area contributed by atoms with E-state index in [1.807, 2.05) is 12.1 Å². The molecule has 1 aliphatic rings. The van der Waals surface area contributed by atoms with E-state index in [2.05, 4.69) is 15.9 Å². The summed E-state index contributed by atoms with van der Waals surface area (Å²) < 4.78 is 28.5. The number of sulfone groups is 1. The molecular weight excluding hydrogens is 348 g/mol. The number of rotatable bonds is 6. The Balaban J connectivity index is 1.91. The van der Waals surface area contributed by atoms with E-state index < -0.39 is 15.8 Å². The van der Waals surface area contributed by atoms with Crippen LogP contribution in [-0.2, 0) is 21.1 Å². The predicted octanol–water partition coefficient (Wildman–Crippen LogP) is 2.03. The summed E-state index contributed by atoms with van der Waals surface area (Å²) in [5.74, 6) is -0.0401. The molecule has 0 bridgehead atoms. The first-order chi connectivity index (χ1) is 9.35. The molecule has 0 aromatic heterocycles. The van der Waals surface area contributed by atoms with Crippen LogP contribution in [0, 0.1) is 0 Å². The summed E-state index contributed by atoms with van der Waals surface area (Å²) in [4.78, 5) is 10.4. The fourth-order valence-corrected chi connectivity index (χ4v) is 3.70. The van der Waals surface area contributed by atoms with Crippen LogP contribution in [0.4, 0.5) is 0 Å². The van der Waals surface area contributed by atoms with Crippen molar-refractivity contribution < 1.29 is 23.1 Å². The van der Waals surface area contributed by atoms with Crippen molar-refractivity contribution >= 4 is 31.7 Å². The number of benzene rings is 1. The number of aliphatic carboxylic acids is 1. The lowest BCUT2D eigenvalue weighted by Gasteiger charge is -2.27. The van der Waals surface area contributed by atoms with Gasteiger partial charge in [-0.1, -0.05) is 6.07 Å². The highest BCUT2D eigenvalue weighted by atomic mass is 79.9. The van der Waals surface area contributed by atoms with Crippen LogP contribution in [0.15, 0.2) is 22.7 Å². The van der Waals surface area contributed by atoms with Crippen LogP contribution >= 0.6 is 15.9 Å². The second kappa shape index (κ2) is 6.13. The molecule has 0 spiro atoms. The Hall–Kier alpha value is -1.08. The van der Waals surface area contributed by atoms with Crippen LogP contribution in [-0.4, -0.2) is 37.1 Å². The van der Waals surface area contributed by atoms with Gasteiger partial charge in [0, 0.05) is 6.42 Å². The minimum Gasteiger partial charge on any atom is -0.487 e. The third-order valence-electron chi connectivity index (χ3n) is 3.03. The number of halogens is 1. The van der Waals surface area contributed by atoms with E-state index in [0.29, 0.717) is 18.6 Å². The number of hydrogen-bond acceptors (Lipinski definition) is 4. The molecule has 0 atom stereocenters. The molecule has 20 heavy (non-hydrogen) atoms. The lowest BCUT2D eigenvalue weighted by Crippen LogP contribution is -2.45. The zero-order chi connectivity index (χ0) is 14.8. The van der Waals surface area contributed by atoms with Gasteiger partial charge < -0.3 is 9.84 Å². The first-order valence-electron chi connectivity index (χ1n) is 6.23. The molecule has 0 amide bonds. The number of carboxylic acid groups (broad SMARTS) is 1. The number of carbonyl (C=O) groups is 1. The highest BCUT2D eigenvalue weighted by Crippen LogP contribution is 2.29. The summed E-state index contributed by atoms with van der Waals surface area (Å²) in [6, 6.07) is 5.53. The fourth-order valence-electron chi connectivity index (χ4n) is 2.00. The summed E-state index contributed by atoms with van der Waals surface area (Å²) in [6.45, 7) is 0. The number of carboxylic acids is 1. The molecule has 1 N–H and O–H groups in total. The van der Waals surface area contributed by atoms with Crippen molar-refractivity contribution in [2.75, 3.05) is 11.5 Å². The van der Waals surface area contributed by atoms with Gasteiger partial charge in [0.15, 0.2) is 9.84 Å². The van der Waals surface area contributed by atoms with Crippen LogP contribution in [0.5, 0.6) is 5.75 Å². The zero-order valence-corrected chi connectivity index (χ0v) is 13.1. The molecule has 0 aliphatic carbocycles. The summed E-state index contributed by atoms with van der Waals surface area (Å²) in [6.07, 6.45) is 1.15. The average molecular weight is 363 g/mol. The van der Waals surface area contributed by atoms with Crippen molar-refractivity contribution in [3.05, 3.63) is 28.2 Å². The molecule has 1 heterocycles. The molecule has 1 aromatic rings. The third-order valence-corrected chi connectivity index (χ3v) is 5.40. The Kier molecular flexibility index (Phi) is 4.70. The van der Waals surface area contributed by atoms with Gasteiger partial charge in [0.05, 0.1) is 16.0 Å². The Labute approximate surface area is 126 Å². The van der Waals surface area contributed by atoms with Gasteiger partial charge in [0.1, 0.15) is 11.9 Å². The molecule has 1 fully saturated rings. The molecule has 0 saturated carbocycles. The summed E-state index contributed by atoms with van der Waals surface area (Å²) >= 11 is 3.39. The molecule has 0 unspecified atom stereocenters. The molecule has 110 valence electrons. The first kappa shape index (κ1) is 15.3. The van der Waals surface area contributed by atoms with Crippen LogP contribution in [0.3, 0.4) is 0 Å². The van der Waals surface area contributed by atoms with Gasteiger partial charge in [0.25, 0.3) is 0 Å². The minimum atomic E-state index is -2.89. The quantitative estimate of drug-likeness (QED) is 0.837. The van der Waals surface area contributed by atoms with Crippen LogP contribution < -0.4 is 4.74 Å². The van der Waals surface area contributed by atoms with Crippen molar-refractivity contribution in [2.24, 2.45) is 0 Å². The van der Waals surface area contributed by atoms with E-state index in [4.69, 9.17) is 9.84 Å². The van der Waals surface area contributed by atoms with Gasteiger partial charge >= 0.3 is 5.97 Å². The normalized spacial score (nSPS) is 17.4. The van der Waals surface area contributed by atoms with Crippen molar-refractivity contribution in [1.82, 2.24) is 0 Å². The molecule has 1 aliphatic heterocycles. The maximum absolute atomic E-state index is 11.1. The standard InChI is InChI=1S/C13H15BrO5S/c14-11-6-9(2-1-3-13(15)16)4-5-12(11)19-10-7-20(17,18)8-10/h4-6,10H,1-3,7-8H2,(H,15,16). The smallest absolute Gasteiger partial charge is 0.303 e. The van der Waals surface area contributed by atoms with Gasteiger partial charge in [-0.2, -0.15) is 0 Å². The Morgan fingerprint density at radius 1 is 1.40 bits per heavy atom. The van der Waals surface area contributed by atoms with E-state index in [0.717, 1.165) is 10.0 Å². The van der Waals surface area contributed by atoms with Crippen LogP contribution in [0.25, 0.3) is 0 Å². The predicted molar refractivity (Wildman–Crippen MR) is 77.8 cm³/mol. The van der Waals surface area contributed by atoms with Crippen LogP contribution in [0.1, 0.15) is 18.4 Å². The monoisotopic (exact) mass is 362 g/mol. The third kappa shape index (κ3) is 4.21. The second-order valence-corrected chi connectivity index (χ2v) is 7.84. The molecular formula is C13H15BrO5S. The Morgan fingerprint density at radius 3 is 2.65 bits per heavy atom. The molecule has 5 nitrogen and oxygen atoms in total. The summed E-state index contributed by atoms with van der Waals surface area (Å²) in [5, 5.41) is 8.59. The van der Waals surface area contributed by atoms with E-state index in [9.17, 15) is 13.2 Å². The van der Waals surface area contributed by atoms with Gasteiger partial charge in [-0.15, -0.1) is 0 Å². The lowest BCUT2D eigenvalue weighted by molar-refractivity contribution is -0.137. The van der Waals surface area contributed by atoms with Gasteiger partial charge in [-0.25, -0.2) is 8.42 Å². The highest BCUT2D eigenvalue weighted by molar-refractivity contribution is 9.10. The Bertz CT molecular complexity index is 599. The molecule has 1 saturated heterocycles. The lowest BCUT2D eigenvalue weighted by atomic mass is 10.1. The topological polar surface area (TPSA) is 80.7 Å². The number of aryl methyl sites for hydroxylation is 1. The van der Waals surface area contributed by atoms with Crippen molar-refractivity contribution in [1.29, 1.82) is 0 Å². The first-order valence-corrected chi connectivity index (χ1v) is 8.84. The van der Waals surface area contributed by atoms with E-state index in [-0.39, 0.29) is 24.0 Å². The van der Waals surface area contributed by atoms with Crippen molar-refractivity contribution in [3.63, 3.8) is 0 Å². The highest BCUT2D eigenvalue weighted by Gasteiger charge is 2.35. The van der Waals surface area contributed by atoms with Crippen molar-refractivity contribution in [2.45, 2.75) is 25.4 Å². The van der Waals surface area contributed by atoms with E-state index in [1.165, 1.54) is 0 Å². The molecule has 7 heteroatoms. The Morgan fingerprint density at radius 2 is 2.10 bits per heavy atom. The number of hydrogen-bond donors (Lipinski definition) is 1. The van der Waals surface area contributed by atoms with Crippen molar-refractivity contribution in [3.8, 4) is 5.75 Å². The summed E-state index contributed by atoms with van der Waals surface area (Å²) in [7, 11) is -2.89. The van der Waals surface area contributed by atoms with Gasteiger partial charge in [-0.05, 0) is 46.5 Å². The van der Waals surface area contributed by atoms with E-state index >= 15 is 0 Å². The average Bonchev–Trinajstić information content (AvgIpc) is 2.29. The minimum absolute atomic E-state index is 0.0692. The molecule has 0 radical (unpaired) electrons. The zero-order valence-electron chi connectivity index (χ0n) is 10.7. The SMILES string of the molecule is O=C(O)CCCc1ccc(OC2CS(=O)(=O)C2)c(Br)c1. The number of ether oxygens (including phenoxy) is 1. The van der Waals surface area contributed by atoms with Crippen LogP contribution in [0.2, 0.25) is 0 Å². The fraction of sp³-hybridized carbons (Fsp3) is 0.462.